The van der Waals surface area contributed by atoms with Crippen molar-refractivity contribution in [1.29, 1.82) is 0 Å². The highest BCUT2D eigenvalue weighted by molar-refractivity contribution is 5.91. The number of ketones is 1. The van der Waals surface area contributed by atoms with Crippen LogP contribution in [0.15, 0.2) is 42.4 Å². The van der Waals surface area contributed by atoms with E-state index in [9.17, 15) is 9.59 Å². The van der Waals surface area contributed by atoms with Crippen molar-refractivity contribution in [2.24, 2.45) is 0 Å². The van der Waals surface area contributed by atoms with Gasteiger partial charge in [0, 0.05) is 44.3 Å². The van der Waals surface area contributed by atoms with Gasteiger partial charge in [-0.1, -0.05) is 19.9 Å². The Labute approximate surface area is 126 Å². The maximum Gasteiger partial charge on any atom is 0.307 e. The predicted octanol–water partition coefficient (Wildman–Crippen LogP) is 2.49. The van der Waals surface area contributed by atoms with Crippen molar-refractivity contribution in [2.45, 2.75) is 39.7 Å². The van der Waals surface area contributed by atoms with Crippen LogP contribution in [-0.2, 0) is 14.3 Å². The fourth-order valence-corrected chi connectivity index (χ4v) is 1.63. The number of rotatable bonds is 2. The van der Waals surface area contributed by atoms with Gasteiger partial charge in [0.05, 0.1) is 0 Å². The second-order valence-electron chi connectivity index (χ2n) is 4.09. The molecule has 1 heterocycles. The number of hydrogen-bond acceptors (Lipinski definition) is 5. The average molecular weight is 292 g/mol. The minimum atomic E-state index is -0.379. The van der Waals surface area contributed by atoms with Crippen molar-refractivity contribution in [3.05, 3.63) is 42.4 Å². The number of aromatic nitrogens is 1. The van der Waals surface area contributed by atoms with Gasteiger partial charge in [-0.2, -0.15) is 0 Å². The van der Waals surface area contributed by atoms with Crippen molar-refractivity contribution < 1.29 is 14.3 Å². The largest absolute Gasteiger partial charge is 0.431 e. The summed E-state index contributed by atoms with van der Waals surface area (Å²) in [6.07, 6.45) is 5.97. The van der Waals surface area contributed by atoms with E-state index in [2.05, 4.69) is 10.3 Å². The summed E-state index contributed by atoms with van der Waals surface area (Å²) < 4.78 is 4.86. The average Bonchev–Trinajstić information content (AvgIpc) is 2.50. The zero-order valence-electron chi connectivity index (χ0n) is 13.1. The minimum Gasteiger partial charge on any atom is -0.431 e. The Morgan fingerprint density at radius 2 is 1.86 bits per heavy atom. The summed E-state index contributed by atoms with van der Waals surface area (Å²) in [5.41, 5.74) is 0. The van der Waals surface area contributed by atoms with Crippen molar-refractivity contribution >= 4 is 11.8 Å². The van der Waals surface area contributed by atoms with E-state index < -0.39 is 0 Å². The maximum absolute atomic E-state index is 11.1. The van der Waals surface area contributed by atoms with Crippen molar-refractivity contribution in [3.8, 4) is 0 Å². The number of carbonyl (C=O) groups excluding carboxylic acids is 2. The van der Waals surface area contributed by atoms with Gasteiger partial charge >= 0.3 is 5.97 Å². The SMILES string of the molecule is CC.CNC1CC(=O)C=C(OC(C)=O)C1.c1ccncc1. The van der Waals surface area contributed by atoms with E-state index in [4.69, 9.17) is 4.74 Å². The zero-order valence-corrected chi connectivity index (χ0v) is 13.1. The van der Waals surface area contributed by atoms with Crippen molar-refractivity contribution in [1.82, 2.24) is 10.3 Å². The van der Waals surface area contributed by atoms with Crippen LogP contribution in [0, 0.1) is 0 Å². The molecule has 0 radical (unpaired) electrons. The zero-order chi connectivity index (χ0) is 16.1. The number of esters is 1. The highest BCUT2D eigenvalue weighted by Gasteiger charge is 2.20. The number of pyridine rings is 1. The van der Waals surface area contributed by atoms with E-state index in [1.807, 2.05) is 32.0 Å². The van der Waals surface area contributed by atoms with Crippen LogP contribution in [0.25, 0.3) is 0 Å². The molecule has 5 heteroatoms. The fourth-order valence-electron chi connectivity index (χ4n) is 1.63. The van der Waals surface area contributed by atoms with E-state index >= 15 is 0 Å². The summed E-state index contributed by atoms with van der Waals surface area (Å²) in [6, 6.07) is 5.80. The summed E-state index contributed by atoms with van der Waals surface area (Å²) in [4.78, 5) is 25.5. The third-order valence-electron chi connectivity index (χ3n) is 2.47. The molecule has 0 saturated carbocycles. The lowest BCUT2D eigenvalue weighted by Gasteiger charge is -2.20. The van der Waals surface area contributed by atoms with Crippen LogP contribution in [0.3, 0.4) is 0 Å². The normalized spacial score (nSPS) is 16.5. The fraction of sp³-hybridized carbons (Fsp3) is 0.438. The number of carbonyl (C=O) groups is 2. The van der Waals surface area contributed by atoms with Gasteiger partial charge in [0.25, 0.3) is 0 Å². The molecule has 21 heavy (non-hydrogen) atoms. The van der Waals surface area contributed by atoms with Crippen molar-refractivity contribution in [2.75, 3.05) is 7.05 Å². The Bertz CT molecular complexity index is 417. The molecule has 0 fully saturated rings. The number of nitrogens with zero attached hydrogens (tertiary/aromatic N) is 1. The number of ether oxygens (including phenoxy) is 1. The lowest BCUT2D eigenvalue weighted by molar-refractivity contribution is -0.137. The molecule has 0 amide bonds. The summed E-state index contributed by atoms with van der Waals surface area (Å²) in [5.74, 6) is 0.0840. The topological polar surface area (TPSA) is 68.3 Å². The van der Waals surface area contributed by atoms with Gasteiger partial charge in [-0.05, 0) is 19.2 Å². The summed E-state index contributed by atoms with van der Waals surface area (Å²) in [7, 11) is 1.79. The van der Waals surface area contributed by atoms with Crippen molar-refractivity contribution in [3.63, 3.8) is 0 Å². The summed E-state index contributed by atoms with van der Waals surface area (Å²) in [6.45, 7) is 5.33. The van der Waals surface area contributed by atoms with Gasteiger partial charge in [0.2, 0.25) is 0 Å². The van der Waals surface area contributed by atoms with Crippen LogP contribution in [0.1, 0.15) is 33.6 Å². The second kappa shape index (κ2) is 11.8. The molecular weight excluding hydrogens is 268 g/mol. The third-order valence-corrected chi connectivity index (χ3v) is 2.47. The molecular formula is C16H24N2O3. The standard InChI is InChI=1S/C9H13NO3.C5H5N.C2H6/c1-6(11)13-9-4-7(10-2)3-8(12)5-9;1-2-4-6-5-3-1;1-2/h5,7,10H,3-4H2,1-2H3;1-5H;1-2H3. The summed E-state index contributed by atoms with van der Waals surface area (Å²) >= 11 is 0. The first-order chi connectivity index (χ1) is 10.1. The Morgan fingerprint density at radius 3 is 2.24 bits per heavy atom. The van der Waals surface area contributed by atoms with Gasteiger partial charge in [0.1, 0.15) is 5.76 Å². The third kappa shape index (κ3) is 9.51. The molecule has 0 bridgehead atoms. The van der Waals surface area contributed by atoms with E-state index in [1.165, 1.54) is 13.0 Å². The monoisotopic (exact) mass is 292 g/mol. The van der Waals surface area contributed by atoms with Crippen LogP contribution in [0.5, 0.6) is 0 Å². The number of hydrogen-bond donors (Lipinski definition) is 1. The highest BCUT2D eigenvalue weighted by atomic mass is 16.5. The van der Waals surface area contributed by atoms with E-state index in [-0.39, 0.29) is 17.8 Å². The second-order valence-corrected chi connectivity index (χ2v) is 4.09. The molecule has 1 N–H and O–H groups in total. The molecule has 0 saturated heterocycles. The lowest BCUT2D eigenvalue weighted by atomic mass is 9.99. The minimum absolute atomic E-state index is 0.00171. The van der Waals surface area contributed by atoms with Crippen LogP contribution in [0.2, 0.25) is 0 Å². The first-order valence-corrected chi connectivity index (χ1v) is 7.06. The highest BCUT2D eigenvalue weighted by Crippen LogP contribution is 2.16. The van der Waals surface area contributed by atoms with Crippen LogP contribution < -0.4 is 5.32 Å². The molecule has 0 spiro atoms. The lowest BCUT2D eigenvalue weighted by Crippen LogP contribution is -2.31. The first kappa shape index (κ1) is 19.0. The molecule has 5 nitrogen and oxygen atoms in total. The Morgan fingerprint density at radius 1 is 1.24 bits per heavy atom. The van der Waals surface area contributed by atoms with Crippen LogP contribution in [-0.4, -0.2) is 29.8 Å². The Hall–Kier alpha value is -2.01. The maximum atomic E-state index is 11.1. The number of nitrogens with one attached hydrogen (secondary N) is 1. The molecule has 0 aliphatic heterocycles. The molecule has 1 aliphatic carbocycles. The quantitative estimate of drug-likeness (QED) is 0.848. The van der Waals surface area contributed by atoms with Gasteiger partial charge in [-0.3, -0.25) is 14.6 Å². The Balaban J connectivity index is 0.000000416. The molecule has 0 aromatic carbocycles. The van der Waals surface area contributed by atoms with Crippen LogP contribution >= 0.6 is 0 Å². The predicted molar refractivity (Wildman–Crippen MR) is 82.5 cm³/mol. The molecule has 1 aliphatic rings. The van der Waals surface area contributed by atoms with E-state index in [1.54, 1.807) is 19.4 Å². The molecule has 1 atom stereocenters. The first-order valence-electron chi connectivity index (χ1n) is 7.06. The van der Waals surface area contributed by atoms with E-state index in [0.717, 1.165) is 0 Å². The molecule has 1 aromatic heterocycles. The van der Waals surface area contributed by atoms with Gasteiger partial charge in [-0.15, -0.1) is 0 Å². The Kier molecular flexibility index (Phi) is 10.7. The molecule has 2 rings (SSSR count). The van der Waals surface area contributed by atoms with Crippen LogP contribution in [0.4, 0.5) is 0 Å². The van der Waals surface area contributed by atoms with Gasteiger partial charge in [-0.25, -0.2) is 0 Å². The van der Waals surface area contributed by atoms with Gasteiger partial charge < -0.3 is 10.1 Å². The van der Waals surface area contributed by atoms with Gasteiger partial charge in [0.15, 0.2) is 5.78 Å². The smallest absolute Gasteiger partial charge is 0.307 e. The molecule has 1 unspecified atom stereocenters. The van der Waals surface area contributed by atoms with E-state index in [0.29, 0.717) is 18.6 Å². The molecule has 116 valence electrons. The molecule has 1 aromatic rings. The number of allylic oxidation sites excluding steroid dienone is 1. The summed E-state index contributed by atoms with van der Waals surface area (Å²) in [5, 5.41) is 2.98.